The molecule has 0 aliphatic rings. The number of aryl methyl sites for hydroxylation is 1. The fourth-order valence-electron chi connectivity index (χ4n) is 3.11. The Labute approximate surface area is 170 Å². The zero-order valence-electron chi connectivity index (χ0n) is 15.8. The van der Waals surface area contributed by atoms with Gasteiger partial charge in [-0.05, 0) is 25.1 Å². The van der Waals surface area contributed by atoms with Crippen LogP contribution < -0.4 is 5.73 Å². The van der Waals surface area contributed by atoms with Crippen molar-refractivity contribution in [1.29, 1.82) is 0 Å². The number of halogens is 1. The zero-order chi connectivity index (χ0) is 21.3. The Kier molecular flexibility index (Phi) is 4.97. The van der Waals surface area contributed by atoms with Crippen LogP contribution in [0.1, 0.15) is 27.7 Å². The Morgan fingerprint density at radius 2 is 1.80 bits per heavy atom. The summed E-state index contributed by atoms with van der Waals surface area (Å²) in [5.74, 6) is -2.18. The molecule has 30 heavy (non-hydrogen) atoms. The van der Waals surface area contributed by atoms with Crippen molar-refractivity contribution >= 4 is 23.0 Å². The van der Waals surface area contributed by atoms with E-state index in [1.54, 1.807) is 13.0 Å². The number of amides is 1. The molecule has 150 valence electrons. The summed E-state index contributed by atoms with van der Waals surface area (Å²) in [5.41, 5.74) is 7.65. The van der Waals surface area contributed by atoms with Crippen LogP contribution in [-0.4, -0.2) is 22.0 Å². The molecular weight excluding hydrogens is 389 g/mol. The van der Waals surface area contributed by atoms with Gasteiger partial charge in [-0.3, -0.25) is 4.79 Å². The average molecular weight is 405 g/mol. The molecule has 0 spiro atoms. The molecule has 7 nitrogen and oxygen atoms in total. The molecule has 0 radical (unpaired) electrons. The highest BCUT2D eigenvalue weighted by Crippen LogP contribution is 2.29. The van der Waals surface area contributed by atoms with Gasteiger partial charge < -0.3 is 15.0 Å². The lowest BCUT2D eigenvalue weighted by Crippen LogP contribution is -2.26. The van der Waals surface area contributed by atoms with Gasteiger partial charge in [-0.15, -0.1) is 0 Å². The van der Waals surface area contributed by atoms with E-state index in [2.05, 4.69) is 10.1 Å². The lowest BCUT2D eigenvalue weighted by Gasteiger charge is -2.16. The van der Waals surface area contributed by atoms with Crippen LogP contribution in [0.3, 0.4) is 0 Å². The van der Waals surface area contributed by atoms with Gasteiger partial charge in [-0.1, -0.05) is 47.6 Å². The number of rotatable bonds is 5. The average Bonchev–Trinajstić information content (AvgIpc) is 3.13. The molecule has 0 saturated heterocycles. The van der Waals surface area contributed by atoms with Gasteiger partial charge in [0, 0.05) is 11.1 Å². The van der Waals surface area contributed by atoms with Gasteiger partial charge in [0.2, 0.25) is 6.10 Å². The molecule has 0 saturated carbocycles. The van der Waals surface area contributed by atoms with Crippen LogP contribution in [0.2, 0.25) is 0 Å². The minimum Gasteiger partial charge on any atom is -0.444 e. The first-order valence-electron chi connectivity index (χ1n) is 9.02. The number of hydrogen-bond donors (Lipinski definition) is 1. The summed E-state index contributed by atoms with van der Waals surface area (Å²) in [5, 5.41) is 4.25. The van der Waals surface area contributed by atoms with Crippen molar-refractivity contribution in [2.75, 3.05) is 0 Å². The minimum absolute atomic E-state index is 0.131. The van der Waals surface area contributed by atoms with Gasteiger partial charge >= 0.3 is 5.97 Å². The maximum absolute atomic E-state index is 13.2. The van der Waals surface area contributed by atoms with Crippen molar-refractivity contribution in [3.05, 3.63) is 83.3 Å². The van der Waals surface area contributed by atoms with Gasteiger partial charge in [0.05, 0.1) is 22.3 Å². The Morgan fingerprint density at radius 3 is 2.47 bits per heavy atom. The van der Waals surface area contributed by atoms with Crippen LogP contribution in [-0.2, 0) is 9.53 Å². The number of esters is 1. The summed E-state index contributed by atoms with van der Waals surface area (Å²) in [7, 11) is 0. The molecule has 4 aromatic rings. The number of carbonyl (C=O) groups excluding carboxylic acids is 2. The summed E-state index contributed by atoms with van der Waals surface area (Å²) < 4.78 is 23.9. The number of pyridine rings is 1. The van der Waals surface area contributed by atoms with Crippen molar-refractivity contribution < 1.29 is 23.2 Å². The second-order valence-corrected chi connectivity index (χ2v) is 6.61. The fraction of sp³-hybridized carbons (Fsp3) is 0.0909. The van der Waals surface area contributed by atoms with Crippen molar-refractivity contribution in [2.24, 2.45) is 5.73 Å². The Bertz CT molecular complexity index is 1240. The first kappa shape index (κ1) is 19.3. The van der Waals surface area contributed by atoms with E-state index in [1.165, 1.54) is 12.1 Å². The lowest BCUT2D eigenvalue weighted by molar-refractivity contribution is -0.127. The second kappa shape index (κ2) is 7.75. The monoisotopic (exact) mass is 405 g/mol. The third-order valence-electron chi connectivity index (χ3n) is 4.56. The van der Waals surface area contributed by atoms with Gasteiger partial charge in [0.15, 0.2) is 0 Å². The van der Waals surface area contributed by atoms with Crippen molar-refractivity contribution in [2.45, 2.75) is 13.0 Å². The maximum Gasteiger partial charge on any atom is 0.340 e. The summed E-state index contributed by atoms with van der Waals surface area (Å²) in [6.45, 7) is 1.66. The number of aromatic nitrogens is 2. The van der Waals surface area contributed by atoms with Crippen LogP contribution in [0.5, 0.6) is 0 Å². The van der Waals surface area contributed by atoms with Crippen LogP contribution in [0, 0.1) is 12.7 Å². The Hall–Kier alpha value is -4.07. The van der Waals surface area contributed by atoms with E-state index in [0.29, 0.717) is 16.8 Å². The smallest absolute Gasteiger partial charge is 0.340 e. The predicted octanol–water partition coefficient (Wildman–Crippen LogP) is 3.72. The van der Waals surface area contributed by atoms with Gasteiger partial charge in [0.25, 0.3) is 11.6 Å². The highest BCUT2D eigenvalue weighted by Gasteiger charge is 2.27. The SMILES string of the molecule is Cc1noc2nc(-c3ccccc3)cc(C(=O)OC(C(N)=O)c3ccc(F)cc3)c12. The Balaban J connectivity index is 1.77. The van der Waals surface area contributed by atoms with E-state index in [4.69, 9.17) is 15.0 Å². The normalized spacial score (nSPS) is 11.9. The van der Waals surface area contributed by atoms with Crippen LogP contribution in [0.4, 0.5) is 4.39 Å². The number of fused-ring (bicyclic) bond motifs is 1. The van der Waals surface area contributed by atoms with E-state index >= 15 is 0 Å². The molecule has 0 fully saturated rings. The Morgan fingerprint density at radius 1 is 1.10 bits per heavy atom. The molecule has 1 unspecified atom stereocenters. The lowest BCUT2D eigenvalue weighted by atomic mass is 10.1. The molecule has 2 aromatic carbocycles. The number of hydrogen-bond acceptors (Lipinski definition) is 6. The summed E-state index contributed by atoms with van der Waals surface area (Å²) in [6.07, 6.45) is -1.39. The molecule has 1 atom stereocenters. The number of benzene rings is 2. The highest BCUT2D eigenvalue weighted by molar-refractivity contribution is 6.05. The number of primary amides is 1. The van der Waals surface area contributed by atoms with E-state index in [9.17, 15) is 14.0 Å². The van der Waals surface area contributed by atoms with E-state index < -0.39 is 23.8 Å². The maximum atomic E-state index is 13.2. The second-order valence-electron chi connectivity index (χ2n) is 6.61. The summed E-state index contributed by atoms with van der Waals surface area (Å²) in [4.78, 5) is 29.4. The first-order chi connectivity index (χ1) is 14.4. The molecule has 0 aliphatic carbocycles. The zero-order valence-corrected chi connectivity index (χ0v) is 15.8. The third-order valence-corrected chi connectivity index (χ3v) is 4.56. The fourth-order valence-corrected chi connectivity index (χ4v) is 3.11. The van der Waals surface area contributed by atoms with Crippen molar-refractivity contribution in [3.8, 4) is 11.3 Å². The molecule has 2 aromatic heterocycles. The third kappa shape index (κ3) is 3.62. The van der Waals surface area contributed by atoms with E-state index in [0.717, 1.165) is 17.7 Å². The van der Waals surface area contributed by atoms with E-state index in [-0.39, 0.29) is 16.8 Å². The molecule has 1 amide bonds. The molecule has 2 N–H and O–H groups in total. The first-order valence-corrected chi connectivity index (χ1v) is 9.02. The summed E-state index contributed by atoms with van der Waals surface area (Å²) >= 11 is 0. The molecule has 0 aliphatic heterocycles. The van der Waals surface area contributed by atoms with Crippen LogP contribution in [0.15, 0.2) is 65.2 Å². The minimum atomic E-state index is -1.39. The number of ether oxygens (including phenoxy) is 1. The molecular formula is C22H16FN3O4. The van der Waals surface area contributed by atoms with Crippen LogP contribution >= 0.6 is 0 Å². The van der Waals surface area contributed by atoms with Crippen molar-refractivity contribution in [3.63, 3.8) is 0 Å². The summed E-state index contributed by atoms with van der Waals surface area (Å²) in [6, 6.07) is 15.7. The highest BCUT2D eigenvalue weighted by atomic mass is 19.1. The van der Waals surface area contributed by atoms with Gasteiger partial charge in [0.1, 0.15) is 5.82 Å². The topological polar surface area (TPSA) is 108 Å². The van der Waals surface area contributed by atoms with Gasteiger partial charge in [-0.25, -0.2) is 14.2 Å². The quantitative estimate of drug-likeness (QED) is 0.507. The van der Waals surface area contributed by atoms with Crippen molar-refractivity contribution in [1.82, 2.24) is 10.1 Å². The molecule has 8 heteroatoms. The van der Waals surface area contributed by atoms with E-state index in [1.807, 2.05) is 30.3 Å². The molecule has 4 rings (SSSR count). The number of nitrogens with two attached hydrogens (primary N) is 1. The standard InChI is InChI=1S/C22H16FN3O4/c1-12-18-16(11-17(25-21(18)30-26-12)13-5-3-2-4-6-13)22(28)29-19(20(24)27)14-7-9-15(23)10-8-14/h2-11,19H,1H3,(H2,24,27). The predicted molar refractivity (Wildman–Crippen MR) is 106 cm³/mol. The van der Waals surface area contributed by atoms with Gasteiger partial charge in [-0.2, -0.15) is 0 Å². The number of nitrogens with zero attached hydrogens (tertiary/aromatic N) is 2. The number of carbonyl (C=O) groups is 2. The molecule has 0 bridgehead atoms. The largest absolute Gasteiger partial charge is 0.444 e. The van der Waals surface area contributed by atoms with Crippen LogP contribution in [0.25, 0.3) is 22.4 Å². The molecule has 2 heterocycles.